The number of fused-ring (bicyclic) bond motifs is 1. The quantitative estimate of drug-likeness (QED) is 0.358. The molecule has 0 atom stereocenters. The third-order valence-electron chi connectivity index (χ3n) is 6.40. The first-order valence-electron chi connectivity index (χ1n) is 11.6. The second-order valence-corrected chi connectivity index (χ2v) is 9.73. The number of aryl methyl sites for hydroxylation is 1. The largest absolute Gasteiger partial charge is 0.490 e. The minimum absolute atomic E-state index is 0.136. The summed E-state index contributed by atoms with van der Waals surface area (Å²) in [7, 11) is 1.91. The smallest absolute Gasteiger partial charge is 0.272 e. The number of amides is 1. The summed E-state index contributed by atoms with van der Waals surface area (Å²) in [4.78, 5) is 13.0. The molecule has 0 saturated heterocycles. The van der Waals surface area contributed by atoms with Gasteiger partial charge in [0.15, 0.2) is 0 Å². The molecule has 1 aliphatic carbocycles. The number of nitrogens with one attached hydrogen (secondary N) is 1. The zero-order valence-corrected chi connectivity index (χ0v) is 20.0. The Morgan fingerprint density at radius 1 is 1.06 bits per heavy atom. The summed E-state index contributed by atoms with van der Waals surface area (Å²) in [5.74, 6) is 1.47. The van der Waals surface area contributed by atoms with Crippen molar-refractivity contribution in [2.24, 2.45) is 12.8 Å². The molecule has 7 heteroatoms. The van der Waals surface area contributed by atoms with Crippen molar-refractivity contribution in [1.29, 1.82) is 0 Å². The van der Waals surface area contributed by atoms with Crippen molar-refractivity contribution in [2.75, 3.05) is 5.32 Å². The number of thiophene rings is 1. The predicted octanol–water partition coefficient (Wildman–Crippen LogP) is 5.72. The van der Waals surface area contributed by atoms with Crippen molar-refractivity contribution in [1.82, 2.24) is 4.57 Å². The standard InChI is InChI=1S/C27H29N3O3S/c1-30-24-14-15-34-26(24)16-25(30)27(31)29-23-5-3-2-4-18(23)17-32-20-10-12-22(13-11-20)33-21-8-6-19(28)7-9-21/h2-5,10-16,19,21H,6-9,17,28H2,1H3,(H,29,31)/t19-,21+. The van der Waals surface area contributed by atoms with Gasteiger partial charge in [0.05, 0.1) is 16.3 Å². The molecule has 0 unspecified atom stereocenters. The van der Waals surface area contributed by atoms with Crippen molar-refractivity contribution in [3.63, 3.8) is 0 Å². The third kappa shape index (κ3) is 4.95. The fraction of sp³-hybridized carbons (Fsp3) is 0.296. The van der Waals surface area contributed by atoms with E-state index in [1.165, 1.54) is 0 Å². The lowest BCUT2D eigenvalue weighted by Crippen LogP contribution is -2.31. The second-order valence-electron chi connectivity index (χ2n) is 8.78. The zero-order valence-electron chi connectivity index (χ0n) is 19.2. The highest BCUT2D eigenvalue weighted by Crippen LogP contribution is 2.27. The van der Waals surface area contributed by atoms with Crippen LogP contribution in [0, 0.1) is 0 Å². The predicted molar refractivity (Wildman–Crippen MR) is 137 cm³/mol. The van der Waals surface area contributed by atoms with E-state index < -0.39 is 0 Å². The highest BCUT2D eigenvalue weighted by Gasteiger charge is 2.20. The number of carbonyl (C=O) groups excluding carboxylic acids is 1. The maximum Gasteiger partial charge on any atom is 0.272 e. The van der Waals surface area contributed by atoms with Gasteiger partial charge in [0.1, 0.15) is 23.8 Å². The SMILES string of the molecule is Cn1c(C(=O)Nc2ccccc2COc2ccc(O[C@H]3CC[C@@H](N)CC3)cc2)cc2sccc21. The Labute approximate surface area is 203 Å². The maximum atomic E-state index is 13.0. The first-order valence-corrected chi connectivity index (χ1v) is 12.5. The normalized spacial score (nSPS) is 18.1. The third-order valence-corrected chi connectivity index (χ3v) is 7.25. The van der Waals surface area contributed by atoms with Gasteiger partial charge in [-0.3, -0.25) is 4.79 Å². The zero-order chi connectivity index (χ0) is 23.5. The number of carbonyl (C=O) groups is 1. The van der Waals surface area contributed by atoms with Gasteiger partial charge in [0.2, 0.25) is 0 Å². The van der Waals surface area contributed by atoms with E-state index in [1.807, 2.05) is 77.7 Å². The lowest BCUT2D eigenvalue weighted by atomic mass is 9.94. The highest BCUT2D eigenvalue weighted by molar-refractivity contribution is 7.17. The lowest BCUT2D eigenvalue weighted by molar-refractivity contribution is 0.101. The van der Waals surface area contributed by atoms with Crippen molar-refractivity contribution in [3.8, 4) is 11.5 Å². The molecule has 1 aliphatic rings. The van der Waals surface area contributed by atoms with Gasteiger partial charge in [0, 0.05) is 24.3 Å². The van der Waals surface area contributed by atoms with E-state index in [-0.39, 0.29) is 12.0 Å². The molecule has 1 fully saturated rings. The number of anilines is 1. The van der Waals surface area contributed by atoms with Crippen LogP contribution < -0.4 is 20.5 Å². The van der Waals surface area contributed by atoms with Gasteiger partial charge in [-0.15, -0.1) is 11.3 Å². The number of rotatable bonds is 7. The summed E-state index contributed by atoms with van der Waals surface area (Å²) in [6.07, 6.45) is 4.28. The van der Waals surface area contributed by atoms with Gasteiger partial charge in [-0.05, 0) is 73.5 Å². The molecule has 4 aromatic rings. The van der Waals surface area contributed by atoms with E-state index in [1.54, 1.807) is 11.3 Å². The van der Waals surface area contributed by atoms with Gasteiger partial charge in [-0.25, -0.2) is 0 Å². The summed E-state index contributed by atoms with van der Waals surface area (Å²) in [5.41, 5.74) is 9.33. The fourth-order valence-corrected chi connectivity index (χ4v) is 5.25. The number of hydrogen-bond acceptors (Lipinski definition) is 5. The van der Waals surface area contributed by atoms with E-state index in [4.69, 9.17) is 15.2 Å². The monoisotopic (exact) mass is 475 g/mol. The van der Waals surface area contributed by atoms with Gasteiger partial charge in [0.25, 0.3) is 5.91 Å². The van der Waals surface area contributed by atoms with Crippen LogP contribution in [0.2, 0.25) is 0 Å². The van der Waals surface area contributed by atoms with Gasteiger partial charge >= 0.3 is 0 Å². The van der Waals surface area contributed by atoms with Crippen LogP contribution in [0.1, 0.15) is 41.7 Å². The number of benzene rings is 2. The van der Waals surface area contributed by atoms with Crippen LogP contribution in [0.15, 0.2) is 66.0 Å². The Bertz CT molecular complexity index is 1270. The van der Waals surface area contributed by atoms with Crippen molar-refractivity contribution < 1.29 is 14.3 Å². The van der Waals surface area contributed by atoms with E-state index in [2.05, 4.69) is 5.32 Å². The molecule has 5 rings (SSSR count). The fourth-order valence-electron chi connectivity index (χ4n) is 4.40. The van der Waals surface area contributed by atoms with Crippen LogP contribution in [0.4, 0.5) is 5.69 Å². The molecule has 176 valence electrons. The Hall–Kier alpha value is -3.29. The van der Waals surface area contributed by atoms with Crippen LogP contribution in [-0.2, 0) is 13.7 Å². The molecule has 3 N–H and O–H groups in total. The van der Waals surface area contributed by atoms with Gasteiger partial charge < -0.3 is 25.1 Å². The molecular formula is C27H29N3O3S. The van der Waals surface area contributed by atoms with Gasteiger partial charge in [-0.1, -0.05) is 18.2 Å². The second kappa shape index (κ2) is 9.91. The van der Waals surface area contributed by atoms with Crippen LogP contribution in [0.25, 0.3) is 10.2 Å². The number of nitrogens with zero attached hydrogens (tertiary/aromatic N) is 1. The first-order chi connectivity index (χ1) is 16.6. The van der Waals surface area contributed by atoms with Crippen molar-refractivity contribution >= 4 is 33.1 Å². The molecule has 1 saturated carbocycles. The van der Waals surface area contributed by atoms with Crippen LogP contribution >= 0.6 is 11.3 Å². The molecule has 0 aliphatic heterocycles. The van der Waals surface area contributed by atoms with E-state index in [0.29, 0.717) is 18.3 Å². The number of hydrogen-bond donors (Lipinski definition) is 2. The molecule has 2 heterocycles. The first kappa shape index (κ1) is 22.5. The van der Waals surface area contributed by atoms with Crippen LogP contribution in [-0.4, -0.2) is 22.6 Å². The number of nitrogens with two attached hydrogens (primary N) is 1. The topological polar surface area (TPSA) is 78.5 Å². The Morgan fingerprint density at radius 2 is 1.79 bits per heavy atom. The molecular weight excluding hydrogens is 446 g/mol. The molecule has 34 heavy (non-hydrogen) atoms. The van der Waals surface area contributed by atoms with E-state index in [0.717, 1.165) is 58.6 Å². The van der Waals surface area contributed by atoms with E-state index >= 15 is 0 Å². The minimum atomic E-state index is -0.136. The van der Waals surface area contributed by atoms with Crippen LogP contribution in [0.3, 0.4) is 0 Å². The Morgan fingerprint density at radius 3 is 2.56 bits per heavy atom. The average Bonchev–Trinajstić information content (AvgIpc) is 3.44. The molecule has 6 nitrogen and oxygen atoms in total. The lowest BCUT2D eigenvalue weighted by Gasteiger charge is -2.26. The molecule has 0 radical (unpaired) electrons. The summed E-state index contributed by atoms with van der Waals surface area (Å²) >= 11 is 1.63. The molecule has 0 bridgehead atoms. The van der Waals surface area contributed by atoms with Crippen molar-refractivity contribution in [3.05, 3.63) is 77.3 Å². The van der Waals surface area contributed by atoms with Gasteiger partial charge in [-0.2, -0.15) is 0 Å². The number of aromatic nitrogens is 1. The van der Waals surface area contributed by atoms with Crippen LogP contribution in [0.5, 0.6) is 11.5 Å². The maximum absolute atomic E-state index is 13.0. The summed E-state index contributed by atoms with van der Waals surface area (Å²) in [6, 6.07) is 19.7. The Kier molecular flexibility index (Phi) is 6.56. The number of para-hydroxylation sites is 1. The van der Waals surface area contributed by atoms with E-state index in [9.17, 15) is 4.79 Å². The molecule has 2 aromatic carbocycles. The summed E-state index contributed by atoms with van der Waals surface area (Å²) in [6.45, 7) is 0.347. The molecule has 2 aromatic heterocycles. The molecule has 0 spiro atoms. The average molecular weight is 476 g/mol. The minimum Gasteiger partial charge on any atom is -0.490 e. The molecule has 1 amide bonds. The number of ether oxygens (including phenoxy) is 2. The van der Waals surface area contributed by atoms with Crippen molar-refractivity contribution in [2.45, 2.75) is 44.4 Å². The highest BCUT2D eigenvalue weighted by atomic mass is 32.1. The summed E-state index contributed by atoms with van der Waals surface area (Å²) in [5, 5.41) is 5.08. The summed E-state index contributed by atoms with van der Waals surface area (Å²) < 4.78 is 15.1. The Balaban J connectivity index is 1.20.